The van der Waals surface area contributed by atoms with Crippen molar-refractivity contribution in [2.45, 2.75) is 5.41 Å². The zero-order valence-electron chi connectivity index (χ0n) is 47.7. The lowest BCUT2D eigenvalue weighted by molar-refractivity contribution is 0.793. The average molecular weight is 1110 g/mol. The first-order valence-electron chi connectivity index (χ1n) is 30.1. The summed E-state index contributed by atoms with van der Waals surface area (Å²) < 4.78 is 2.42. The number of para-hydroxylation sites is 1. The second kappa shape index (κ2) is 20.5. The van der Waals surface area contributed by atoms with Crippen LogP contribution in [0.5, 0.6) is 0 Å². The maximum Gasteiger partial charge on any atom is 0.0726 e. The third-order valence-corrected chi connectivity index (χ3v) is 18.5. The highest BCUT2D eigenvalue weighted by molar-refractivity contribution is 6.12. The van der Waals surface area contributed by atoms with E-state index < -0.39 is 5.41 Å². The molecule has 87 heavy (non-hydrogen) atoms. The number of hydrogen-bond donors (Lipinski definition) is 0. The summed E-state index contributed by atoms with van der Waals surface area (Å²) in [4.78, 5) is 2.48. The molecule has 0 fully saturated rings. The Morgan fingerprint density at radius 1 is 0.218 bits per heavy atom. The SMILES string of the molecule is c1ccc(-c2ccc(-c3ccccc3N(c3ccc(-c4ccc(-c5ccc(-n6c7ccc(-c8ccccc8)cc7c7cc(-c8ccccc8)ccc76)cc5)cc4)cc3)c3ccc4c(c3)C3(c5ccccc5-c5ccccc53)c3ccccc3-4)cc2)cc1. The smallest absolute Gasteiger partial charge is 0.0726 e. The molecule has 2 aliphatic carbocycles. The Labute approximate surface area is 507 Å². The zero-order valence-corrected chi connectivity index (χ0v) is 47.7. The lowest BCUT2D eigenvalue weighted by atomic mass is 9.70. The molecule has 14 aromatic carbocycles. The Bertz CT molecular complexity index is 4940. The average Bonchev–Trinajstić information content (AvgIpc) is 1.53. The summed E-state index contributed by atoms with van der Waals surface area (Å²) in [5, 5.41) is 2.48. The first-order chi connectivity index (χ1) is 43.1. The first-order valence-corrected chi connectivity index (χ1v) is 30.1. The number of aromatic nitrogens is 1. The molecule has 17 rings (SSSR count). The maximum absolute atomic E-state index is 2.49. The summed E-state index contributed by atoms with van der Waals surface area (Å²) in [6.45, 7) is 0. The molecule has 0 aliphatic heterocycles. The van der Waals surface area contributed by atoms with Crippen LogP contribution in [-0.2, 0) is 5.41 Å². The number of hydrogen-bond acceptors (Lipinski definition) is 1. The van der Waals surface area contributed by atoms with Gasteiger partial charge in [0.25, 0.3) is 0 Å². The molecule has 1 spiro atoms. The van der Waals surface area contributed by atoms with Crippen molar-refractivity contribution in [3.8, 4) is 94.7 Å². The van der Waals surface area contributed by atoms with Crippen LogP contribution >= 0.6 is 0 Å². The highest BCUT2D eigenvalue weighted by atomic mass is 15.1. The van der Waals surface area contributed by atoms with Gasteiger partial charge in [-0.25, -0.2) is 0 Å². The number of rotatable bonds is 10. The number of fused-ring (bicyclic) bond motifs is 13. The highest BCUT2D eigenvalue weighted by Gasteiger charge is 2.51. The van der Waals surface area contributed by atoms with Gasteiger partial charge in [0, 0.05) is 33.4 Å². The van der Waals surface area contributed by atoms with E-state index in [2.05, 4.69) is 349 Å². The summed E-state index contributed by atoms with van der Waals surface area (Å²) >= 11 is 0. The van der Waals surface area contributed by atoms with Crippen molar-refractivity contribution < 1.29 is 0 Å². The molecule has 2 heteroatoms. The monoisotopic (exact) mass is 1100 g/mol. The maximum atomic E-state index is 2.49. The number of benzene rings is 14. The minimum Gasteiger partial charge on any atom is -0.310 e. The molecule has 0 atom stereocenters. The van der Waals surface area contributed by atoms with E-state index >= 15 is 0 Å². The molecule has 0 N–H and O–H groups in total. The summed E-state index contributed by atoms with van der Waals surface area (Å²) in [7, 11) is 0. The third-order valence-electron chi connectivity index (χ3n) is 18.5. The van der Waals surface area contributed by atoms with Crippen molar-refractivity contribution in [3.63, 3.8) is 0 Å². The predicted octanol–water partition coefficient (Wildman–Crippen LogP) is 22.6. The van der Waals surface area contributed by atoms with E-state index in [0.717, 1.165) is 39.4 Å². The molecule has 406 valence electrons. The summed E-state index contributed by atoms with van der Waals surface area (Å²) in [5.74, 6) is 0. The summed E-state index contributed by atoms with van der Waals surface area (Å²) in [6, 6.07) is 125. The van der Waals surface area contributed by atoms with Gasteiger partial charge in [-0.05, 0) is 172 Å². The molecule has 0 radical (unpaired) electrons. The molecule has 0 saturated carbocycles. The third kappa shape index (κ3) is 8.17. The molecule has 1 heterocycles. The Morgan fingerprint density at radius 2 is 0.552 bits per heavy atom. The fourth-order valence-electron chi connectivity index (χ4n) is 14.4. The van der Waals surface area contributed by atoms with Crippen LogP contribution in [0, 0.1) is 0 Å². The molecular weight excluding hydrogens is 1050 g/mol. The van der Waals surface area contributed by atoms with Crippen molar-refractivity contribution in [3.05, 3.63) is 362 Å². The van der Waals surface area contributed by atoms with E-state index in [1.807, 2.05) is 0 Å². The highest BCUT2D eigenvalue weighted by Crippen LogP contribution is 2.63. The van der Waals surface area contributed by atoms with Crippen molar-refractivity contribution in [1.82, 2.24) is 4.57 Å². The molecule has 0 unspecified atom stereocenters. The molecular formula is C85H56N2. The van der Waals surface area contributed by atoms with E-state index in [1.54, 1.807) is 0 Å². The fourth-order valence-corrected chi connectivity index (χ4v) is 14.4. The van der Waals surface area contributed by atoms with Gasteiger partial charge in [0.05, 0.1) is 22.1 Å². The Balaban J connectivity index is 0.731. The van der Waals surface area contributed by atoms with Crippen molar-refractivity contribution in [2.24, 2.45) is 0 Å². The minimum atomic E-state index is -0.473. The van der Waals surface area contributed by atoms with Gasteiger partial charge in [-0.15, -0.1) is 0 Å². The van der Waals surface area contributed by atoms with Crippen LogP contribution in [0.15, 0.2) is 340 Å². The van der Waals surface area contributed by atoms with Crippen LogP contribution < -0.4 is 4.90 Å². The fraction of sp³-hybridized carbons (Fsp3) is 0.0118. The lowest BCUT2D eigenvalue weighted by Crippen LogP contribution is -2.26. The number of nitrogens with zero attached hydrogens (tertiary/aromatic N) is 2. The molecule has 0 amide bonds. The Kier molecular flexibility index (Phi) is 11.8. The summed E-state index contributed by atoms with van der Waals surface area (Å²) in [6.07, 6.45) is 0. The van der Waals surface area contributed by atoms with Gasteiger partial charge >= 0.3 is 0 Å². The summed E-state index contributed by atoms with van der Waals surface area (Å²) in [5.41, 5.74) is 31.1. The standard InChI is InChI=1S/C85H56N2/c1-4-18-57(19-5-1)60-36-38-65(39-37-60)71-24-13-17-31-82(71)86(70-50-51-75-74-27-12-16-30-80(74)85(81(75)56-70)78-28-14-10-25-72(78)73-26-11-15-29-79(73)85)68-46-40-63(41-47-68)61-32-34-62(35-33-61)64-42-48-69(49-43-64)87-83-52-44-66(58-20-6-2-7-21-58)54-76(83)77-55-67(45-53-84(77)87)59-22-8-3-9-23-59/h1-56H. The first kappa shape index (κ1) is 50.2. The lowest BCUT2D eigenvalue weighted by Gasteiger charge is -2.32. The minimum absolute atomic E-state index is 0.473. The molecule has 15 aromatic rings. The normalized spacial score (nSPS) is 12.5. The zero-order chi connectivity index (χ0) is 57.4. The quantitative estimate of drug-likeness (QED) is 0.132. The van der Waals surface area contributed by atoms with Crippen LogP contribution in [-0.4, -0.2) is 4.57 Å². The van der Waals surface area contributed by atoms with Gasteiger partial charge in [-0.3, -0.25) is 0 Å². The molecule has 2 nitrogen and oxygen atoms in total. The van der Waals surface area contributed by atoms with E-state index in [0.29, 0.717) is 0 Å². The van der Waals surface area contributed by atoms with E-state index in [4.69, 9.17) is 0 Å². The van der Waals surface area contributed by atoms with Gasteiger partial charge in [0.2, 0.25) is 0 Å². The van der Waals surface area contributed by atoms with Gasteiger partial charge in [-0.1, -0.05) is 273 Å². The van der Waals surface area contributed by atoms with Gasteiger partial charge < -0.3 is 9.47 Å². The van der Waals surface area contributed by atoms with Crippen molar-refractivity contribution in [1.29, 1.82) is 0 Å². The van der Waals surface area contributed by atoms with Crippen LogP contribution in [0.3, 0.4) is 0 Å². The Morgan fingerprint density at radius 3 is 1.02 bits per heavy atom. The van der Waals surface area contributed by atoms with Crippen LogP contribution in [0.25, 0.3) is 117 Å². The second-order valence-electron chi connectivity index (χ2n) is 23.1. The predicted molar refractivity (Wildman–Crippen MR) is 364 cm³/mol. The van der Waals surface area contributed by atoms with E-state index in [-0.39, 0.29) is 0 Å². The Hall–Kier alpha value is -11.3. The van der Waals surface area contributed by atoms with Crippen LogP contribution in [0.4, 0.5) is 17.1 Å². The van der Waals surface area contributed by atoms with E-state index in [9.17, 15) is 0 Å². The topological polar surface area (TPSA) is 8.17 Å². The molecule has 0 saturated heterocycles. The molecule has 2 aliphatic rings. The van der Waals surface area contributed by atoms with Crippen LogP contribution in [0.1, 0.15) is 22.3 Å². The van der Waals surface area contributed by atoms with Gasteiger partial charge in [0.15, 0.2) is 0 Å². The van der Waals surface area contributed by atoms with Gasteiger partial charge in [-0.2, -0.15) is 0 Å². The van der Waals surface area contributed by atoms with E-state index in [1.165, 1.54) is 116 Å². The molecule has 1 aromatic heterocycles. The van der Waals surface area contributed by atoms with Crippen molar-refractivity contribution >= 4 is 38.9 Å². The second-order valence-corrected chi connectivity index (χ2v) is 23.1. The van der Waals surface area contributed by atoms with Crippen molar-refractivity contribution in [2.75, 3.05) is 4.90 Å². The number of anilines is 3. The van der Waals surface area contributed by atoms with Crippen LogP contribution in [0.2, 0.25) is 0 Å². The largest absolute Gasteiger partial charge is 0.310 e. The molecule has 0 bridgehead atoms. The van der Waals surface area contributed by atoms with Gasteiger partial charge in [0.1, 0.15) is 0 Å².